The quantitative estimate of drug-likeness (QED) is 0.713. The van der Waals surface area contributed by atoms with Crippen LogP contribution in [0.25, 0.3) is 0 Å². The van der Waals surface area contributed by atoms with Gasteiger partial charge in [-0.15, -0.1) is 0 Å². The van der Waals surface area contributed by atoms with Gasteiger partial charge in [-0.2, -0.15) is 0 Å². The van der Waals surface area contributed by atoms with Crippen molar-refractivity contribution in [2.24, 2.45) is 11.3 Å². The standard InChI is InChI=1S/C23H27ClN2O3/c1-15(2)10-11-26-19-13-18(25-21(27)16-6-5-7-17(24)12-16)8-9-20(19)29-14-23(3,4)22(26)28/h5-9,12-13,15H,10-11,14H2,1-4H3,(H,25,27). The summed E-state index contributed by atoms with van der Waals surface area (Å²) < 4.78 is 5.94. The Morgan fingerprint density at radius 3 is 2.69 bits per heavy atom. The van der Waals surface area contributed by atoms with E-state index >= 15 is 0 Å². The maximum Gasteiger partial charge on any atom is 0.255 e. The molecule has 2 aromatic carbocycles. The molecule has 5 nitrogen and oxygen atoms in total. The van der Waals surface area contributed by atoms with Crippen LogP contribution < -0.4 is 15.0 Å². The van der Waals surface area contributed by atoms with Gasteiger partial charge >= 0.3 is 0 Å². The fourth-order valence-electron chi connectivity index (χ4n) is 3.17. The molecular formula is C23H27ClN2O3. The minimum absolute atomic E-state index is 0.0233. The first-order chi connectivity index (χ1) is 13.7. The van der Waals surface area contributed by atoms with E-state index in [4.69, 9.17) is 16.3 Å². The van der Waals surface area contributed by atoms with Gasteiger partial charge in [-0.1, -0.05) is 31.5 Å². The number of halogens is 1. The first kappa shape index (κ1) is 21.2. The zero-order chi connectivity index (χ0) is 21.2. The Morgan fingerprint density at radius 2 is 2.00 bits per heavy atom. The first-order valence-electron chi connectivity index (χ1n) is 9.83. The second-order valence-electron chi connectivity index (χ2n) is 8.46. The number of carbonyl (C=O) groups excluding carboxylic acids is 2. The third kappa shape index (κ3) is 4.91. The van der Waals surface area contributed by atoms with Crippen LogP contribution in [0.15, 0.2) is 42.5 Å². The molecule has 0 radical (unpaired) electrons. The van der Waals surface area contributed by atoms with Gasteiger partial charge in [0.25, 0.3) is 5.91 Å². The first-order valence-corrected chi connectivity index (χ1v) is 10.2. The molecule has 2 amide bonds. The number of rotatable bonds is 5. The molecule has 0 fully saturated rings. The molecule has 29 heavy (non-hydrogen) atoms. The average molecular weight is 415 g/mol. The molecular weight excluding hydrogens is 388 g/mol. The molecule has 1 N–H and O–H groups in total. The lowest BCUT2D eigenvalue weighted by Gasteiger charge is -2.28. The molecule has 154 valence electrons. The fraction of sp³-hybridized carbons (Fsp3) is 0.391. The third-order valence-electron chi connectivity index (χ3n) is 4.94. The van der Waals surface area contributed by atoms with Gasteiger partial charge in [0.05, 0.1) is 11.1 Å². The predicted octanol–water partition coefficient (Wildman–Crippen LogP) is 5.39. The minimum atomic E-state index is -0.625. The van der Waals surface area contributed by atoms with Crippen LogP contribution in [0, 0.1) is 11.3 Å². The summed E-state index contributed by atoms with van der Waals surface area (Å²) in [5, 5.41) is 3.39. The molecule has 0 unspecified atom stereocenters. The second-order valence-corrected chi connectivity index (χ2v) is 8.90. The lowest BCUT2D eigenvalue weighted by Crippen LogP contribution is -2.42. The van der Waals surface area contributed by atoms with Crippen LogP contribution in [0.5, 0.6) is 5.75 Å². The van der Waals surface area contributed by atoms with Crippen LogP contribution in [-0.2, 0) is 4.79 Å². The van der Waals surface area contributed by atoms with E-state index in [1.807, 2.05) is 13.8 Å². The molecule has 0 bridgehead atoms. The van der Waals surface area contributed by atoms with Crippen molar-refractivity contribution >= 4 is 34.8 Å². The summed E-state index contributed by atoms with van der Waals surface area (Å²) >= 11 is 5.99. The van der Waals surface area contributed by atoms with Crippen LogP contribution in [0.3, 0.4) is 0 Å². The number of hydrogen-bond acceptors (Lipinski definition) is 3. The van der Waals surface area contributed by atoms with Crippen molar-refractivity contribution in [3.05, 3.63) is 53.1 Å². The largest absolute Gasteiger partial charge is 0.490 e. The van der Waals surface area contributed by atoms with Crippen LogP contribution in [-0.4, -0.2) is 25.0 Å². The predicted molar refractivity (Wildman–Crippen MR) is 117 cm³/mol. The Kier molecular flexibility index (Phi) is 6.18. The lowest BCUT2D eigenvalue weighted by molar-refractivity contribution is -0.127. The van der Waals surface area contributed by atoms with E-state index in [0.29, 0.717) is 46.8 Å². The number of benzene rings is 2. The molecule has 1 aliphatic heterocycles. The zero-order valence-corrected chi connectivity index (χ0v) is 18.0. The zero-order valence-electron chi connectivity index (χ0n) is 17.3. The molecule has 1 aliphatic rings. The molecule has 1 heterocycles. The van der Waals surface area contributed by atoms with E-state index < -0.39 is 5.41 Å². The maximum absolute atomic E-state index is 13.2. The van der Waals surface area contributed by atoms with Crippen LogP contribution >= 0.6 is 11.6 Å². The van der Waals surface area contributed by atoms with Gasteiger partial charge in [0.2, 0.25) is 5.91 Å². The van der Waals surface area contributed by atoms with Crippen LogP contribution in [0.4, 0.5) is 11.4 Å². The molecule has 0 saturated carbocycles. The topological polar surface area (TPSA) is 58.6 Å². The van der Waals surface area contributed by atoms with Gasteiger partial charge in [-0.3, -0.25) is 9.59 Å². The SMILES string of the molecule is CC(C)CCN1C(=O)C(C)(C)COc2ccc(NC(=O)c3cccc(Cl)c3)cc21. The van der Waals surface area contributed by atoms with Gasteiger partial charge in [-0.25, -0.2) is 0 Å². The summed E-state index contributed by atoms with van der Waals surface area (Å²) in [6.07, 6.45) is 0.875. The van der Waals surface area contributed by atoms with Crippen molar-refractivity contribution in [2.45, 2.75) is 34.1 Å². The van der Waals surface area contributed by atoms with Crippen molar-refractivity contribution in [3.63, 3.8) is 0 Å². The van der Waals surface area contributed by atoms with Gasteiger partial charge < -0.3 is 15.0 Å². The highest BCUT2D eigenvalue weighted by atomic mass is 35.5. The van der Waals surface area contributed by atoms with Crippen molar-refractivity contribution in [2.75, 3.05) is 23.4 Å². The highest BCUT2D eigenvalue weighted by Crippen LogP contribution is 2.38. The van der Waals surface area contributed by atoms with E-state index in [1.54, 1.807) is 47.4 Å². The summed E-state index contributed by atoms with van der Waals surface area (Å²) in [6.45, 7) is 8.96. The Morgan fingerprint density at radius 1 is 1.24 bits per heavy atom. The number of amides is 2. The lowest BCUT2D eigenvalue weighted by atomic mass is 9.92. The van der Waals surface area contributed by atoms with E-state index in [2.05, 4.69) is 19.2 Å². The normalized spacial score (nSPS) is 15.5. The van der Waals surface area contributed by atoms with Crippen molar-refractivity contribution < 1.29 is 14.3 Å². The average Bonchev–Trinajstić information content (AvgIpc) is 2.75. The number of nitrogens with zero attached hydrogens (tertiary/aromatic N) is 1. The Labute approximate surface area is 177 Å². The summed E-state index contributed by atoms with van der Waals surface area (Å²) in [4.78, 5) is 27.6. The number of fused-ring (bicyclic) bond motifs is 1. The fourth-order valence-corrected chi connectivity index (χ4v) is 3.36. The molecule has 0 atom stereocenters. The van der Waals surface area contributed by atoms with E-state index in [9.17, 15) is 9.59 Å². The Bertz CT molecular complexity index is 924. The van der Waals surface area contributed by atoms with Crippen LogP contribution in [0.2, 0.25) is 5.02 Å². The summed E-state index contributed by atoms with van der Waals surface area (Å²) in [5.74, 6) is 0.871. The Hall–Kier alpha value is -2.53. The summed E-state index contributed by atoms with van der Waals surface area (Å²) in [5.41, 5.74) is 1.13. The van der Waals surface area contributed by atoms with Crippen molar-refractivity contribution in [1.82, 2.24) is 0 Å². The van der Waals surface area contributed by atoms with Gasteiger partial charge in [-0.05, 0) is 62.6 Å². The highest BCUT2D eigenvalue weighted by molar-refractivity contribution is 6.31. The Balaban J connectivity index is 1.91. The minimum Gasteiger partial charge on any atom is -0.490 e. The van der Waals surface area contributed by atoms with E-state index in [1.165, 1.54) is 0 Å². The number of nitrogens with one attached hydrogen (secondary N) is 1. The summed E-state index contributed by atoms with van der Waals surface area (Å²) in [7, 11) is 0. The number of hydrogen-bond donors (Lipinski definition) is 1. The molecule has 0 saturated heterocycles. The monoisotopic (exact) mass is 414 g/mol. The van der Waals surface area contributed by atoms with Crippen LogP contribution in [0.1, 0.15) is 44.5 Å². The smallest absolute Gasteiger partial charge is 0.255 e. The second kappa shape index (κ2) is 8.46. The van der Waals surface area contributed by atoms with E-state index in [-0.39, 0.29) is 11.8 Å². The third-order valence-corrected chi connectivity index (χ3v) is 5.17. The number of anilines is 2. The van der Waals surface area contributed by atoms with Gasteiger partial charge in [0.15, 0.2) is 0 Å². The van der Waals surface area contributed by atoms with E-state index in [0.717, 1.165) is 6.42 Å². The maximum atomic E-state index is 13.2. The number of ether oxygens (including phenoxy) is 1. The molecule has 0 spiro atoms. The molecule has 0 aliphatic carbocycles. The molecule has 2 aromatic rings. The summed E-state index contributed by atoms with van der Waals surface area (Å²) in [6, 6.07) is 12.2. The molecule has 0 aromatic heterocycles. The van der Waals surface area contributed by atoms with Gasteiger partial charge in [0.1, 0.15) is 12.4 Å². The highest BCUT2D eigenvalue weighted by Gasteiger charge is 2.37. The van der Waals surface area contributed by atoms with Gasteiger partial charge in [0, 0.05) is 22.8 Å². The molecule has 6 heteroatoms. The number of carbonyl (C=O) groups is 2. The molecule has 3 rings (SSSR count). The van der Waals surface area contributed by atoms with Crippen molar-refractivity contribution in [1.29, 1.82) is 0 Å². The van der Waals surface area contributed by atoms with Crippen molar-refractivity contribution in [3.8, 4) is 5.75 Å².